The van der Waals surface area contributed by atoms with Gasteiger partial charge in [-0.05, 0) is 12.8 Å². The molecule has 2 rings (SSSR count). The maximum atomic E-state index is 12.4. The van der Waals surface area contributed by atoms with Crippen LogP contribution in [0.4, 0.5) is 32.2 Å². The van der Waals surface area contributed by atoms with Crippen molar-refractivity contribution in [2.24, 2.45) is 0 Å². The second kappa shape index (κ2) is 6.28. The van der Waals surface area contributed by atoms with Crippen LogP contribution in [0.25, 0.3) is 0 Å². The third-order valence-corrected chi connectivity index (χ3v) is 3.20. The van der Waals surface area contributed by atoms with Crippen LogP contribution in [-0.4, -0.2) is 52.1 Å². The average molecular weight is 344 g/mol. The number of nitrogens with one attached hydrogen (secondary N) is 1. The minimum atomic E-state index is -4.49. The van der Waals surface area contributed by atoms with Crippen molar-refractivity contribution < 1.29 is 31.1 Å². The van der Waals surface area contributed by atoms with Gasteiger partial charge in [-0.3, -0.25) is 9.48 Å². The van der Waals surface area contributed by atoms with E-state index in [1.807, 2.05) is 0 Å². The minimum Gasteiger partial charge on any atom is -0.357 e. The van der Waals surface area contributed by atoms with Gasteiger partial charge in [0.25, 0.3) is 0 Å². The number of aromatic nitrogens is 2. The van der Waals surface area contributed by atoms with Crippen molar-refractivity contribution in [1.82, 2.24) is 14.7 Å². The molecule has 130 valence electrons. The van der Waals surface area contributed by atoms with Crippen molar-refractivity contribution in [2.75, 3.05) is 18.4 Å². The summed E-state index contributed by atoms with van der Waals surface area (Å²) in [5.74, 6) is -0.722. The lowest BCUT2D eigenvalue weighted by Crippen LogP contribution is -2.50. The average Bonchev–Trinajstić information content (AvgIpc) is 2.77. The van der Waals surface area contributed by atoms with Gasteiger partial charge in [-0.2, -0.15) is 31.4 Å². The van der Waals surface area contributed by atoms with E-state index in [2.05, 4.69) is 10.4 Å². The Morgan fingerprint density at radius 3 is 2.43 bits per heavy atom. The zero-order valence-corrected chi connectivity index (χ0v) is 11.8. The second-order valence-electron chi connectivity index (χ2n) is 5.23. The molecular weight excluding hydrogens is 330 g/mol. The van der Waals surface area contributed by atoms with Gasteiger partial charge < -0.3 is 10.2 Å². The highest BCUT2D eigenvalue weighted by molar-refractivity contribution is 5.85. The summed E-state index contributed by atoms with van der Waals surface area (Å²) in [4.78, 5) is 12.7. The van der Waals surface area contributed by atoms with Gasteiger partial charge in [-0.25, -0.2) is 0 Å². The molecule has 1 aliphatic heterocycles. The summed E-state index contributed by atoms with van der Waals surface area (Å²) in [7, 11) is 0. The molecule has 0 spiro atoms. The fourth-order valence-electron chi connectivity index (χ4n) is 2.34. The van der Waals surface area contributed by atoms with E-state index in [0.29, 0.717) is 22.4 Å². The van der Waals surface area contributed by atoms with Crippen LogP contribution in [0.5, 0.6) is 0 Å². The van der Waals surface area contributed by atoms with Gasteiger partial charge in [0.1, 0.15) is 24.9 Å². The first-order chi connectivity index (χ1) is 10.5. The summed E-state index contributed by atoms with van der Waals surface area (Å²) in [5.41, 5.74) is 0. The first-order valence-corrected chi connectivity index (χ1v) is 6.76. The first kappa shape index (κ1) is 17.4. The molecule has 0 bridgehead atoms. The third kappa shape index (κ3) is 5.32. The number of carbonyl (C=O) groups excluding carboxylic acids is 1. The van der Waals surface area contributed by atoms with Crippen LogP contribution in [0.15, 0.2) is 12.3 Å². The lowest BCUT2D eigenvalue weighted by atomic mass is 10.0. The monoisotopic (exact) mass is 344 g/mol. The zero-order chi connectivity index (χ0) is 17.3. The molecule has 0 aliphatic carbocycles. The van der Waals surface area contributed by atoms with E-state index in [0.717, 1.165) is 6.20 Å². The molecule has 1 aromatic rings. The van der Waals surface area contributed by atoms with Crippen molar-refractivity contribution >= 4 is 11.7 Å². The lowest BCUT2D eigenvalue weighted by molar-refractivity contribution is -0.163. The number of anilines is 1. The van der Waals surface area contributed by atoms with Crippen LogP contribution in [0, 0.1) is 0 Å². The van der Waals surface area contributed by atoms with Crippen LogP contribution in [0.3, 0.4) is 0 Å². The van der Waals surface area contributed by atoms with E-state index in [1.165, 1.54) is 6.07 Å². The van der Waals surface area contributed by atoms with E-state index >= 15 is 0 Å². The molecule has 0 radical (unpaired) electrons. The lowest BCUT2D eigenvalue weighted by Gasteiger charge is -2.33. The molecule has 0 saturated carbocycles. The van der Waals surface area contributed by atoms with E-state index in [-0.39, 0.29) is 12.4 Å². The summed E-state index contributed by atoms with van der Waals surface area (Å²) < 4.78 is 74.5. The van der Waals surface area contributed by atoms with Crippen molar-refractivity contribution in [3.05, 3.63) is 12.3 Å². The SMILES string of the molecule is O=C1[C@@H](Nc2ccn(CC(F)(F)F)n2)CCCN1CC(F)(F)F. The predicted octanol–water partition coefficient (Wildman–Crippen LogP) is 2.41. The fraction of sp³-hybridized carbons (Fsp3) is 0.667. The molecule has 11 heteroatoms. The van der Waals surface area contributed by atoms with Crippen molar-refractivity contribution in [2.45, 2.75) is 37.8 Å². The van der Waals surface area contributed by atoms with Crippen molar-refractivity contribution in [3.8, 4) is 0 Å². The van der Waals surface area contributed by atoms with E-state index in [1.54, 1.807) is 0 Å². The number of hydrogen-bond donors (Lipinski definition) is 1. The Kier molecular flexibility index (Phi) is 4.76. The van der Waals surface area contributed by atoms with E-state index < -0.39 is 37.4 Å². The Labute approximate surface area is 127 Å². The van der Waals surface area contributed by atoms with Gasteiger partial charge in [-0.15, -0.1) is 0 Å². The number of piperidine rings is 1. The maximum absolute atomic E-state index is 12.4. The molecule has 1 aliphatic rings. The fourth-order valence-corrected chi connectivity index (χ4v) is 2.34. The van der Waals surface area contributed by atoms with E-state index in [4.69, 9.17) is 0 Å². The zero-order valence-electron chi connectivity index (χ0n) is 11.8. The number of halogens is 6. The second-order valence-corrected chi connectivity index (χ2v) is 5.23. The van der Waals surface area contributed by atoms with Crippen LogP contribution in [0.1, 0.15) is 12.8 Å². The molecule has 5 nitrogen and oxygen atoms in total. The number of rotatable bonds is 4. The van der Waals surface area contributed by atoms with Gasteiger partial charge >= 0.3 is 12.4 Å². The topological polar surface area (TPSA) is 50.2 Å². The third-order valence-electron chi connectivity index (χ3n) is 3.20. The number of amides is 1. The van der Waals surface area contributed by atoms with Gasteiger partial charge in [0.15, 0.2) is 0 Å². The highest BCUT2D eigenvalue weighted by Crippen LogP contribution is 2.22. The molecule has 0 unspecified atom stereocenters. The van der Waals surface area contributed by atoms with Gasteiger partial charge in [-0.1, -0.05) is 0 Å². The highest BCUT2D eigenvalue weighted by Gasteiger charge is 2.37. The summed E-state index contributed by atoms with van der Waals surface area (Å²) >= 11 is 0. The van der Waals surface area contributed by atoms with Crippen LogP contribution in [-0.2, 0) is 11.3 Å². The van der Waals surface area contributed by atoms with Gasteiger partial charge in [0.05, 0.1) is 0 Å². The molecule has 1 amide bonds. The minimum absolute atomic E-state index is 0.000955. The number of hydrogen-bond acceptors (Lipinski definition) is 3. The summed E-state index contributed by atoms with van der Waals surface area (Å²) in [5, 5.41) is 6.21. The standard InChI is InChI=1S/C12H14F6N4O/c13-11(14,15)6-21-4-1-2-8(10(21)23)19-9-3-5-22(20-9)7-12(16,17)18/h3,5,8H,1-2,4,6-7H2,(H,19,20)/t8-/m0/s1. The molecule has 2 heterocycles. The molecular formula is C12H14F6N4O. The predicted molar refractivity (Wildman–Crippen MR) is 67.6 cm³/mol. The normalized spacial score (nSPS) is 20.0. The Morgan fingerprint density at radius 1 is 1.17 bits per heavy atom. The van der Waals surface area contributed by atoms with Gasteiger partial charge in [0, 0.05) is 18.8 Å². The molecule has 1 atom stereocenters. The molecule has 1 aromatic heterocycles. The number of nitrogens with zero attached hydrogens (tertiary/aromatic N) is 3. The first-order valence-electron chi connectivity index (χ1n) is 6.76. The number of alkyl halides is 6. The Hall–Kier alpha value is -1.94. The summed E-state index contributed by atoms with van der Waals surface area (Å²) in [6.45, 7) is -2.63. The molecule has 23 heavy (non-hydrogen) atoms. The highest BCUT2D eigenvalue weighted by atomic mass is 19.4. The van der Waals surface area contributed by atoms with Crippen molar-refractivity contribution in [1.29, 1.82) is 0 Å². The Bertz CT molecular complexity index is 552. The van der Waals surface area contributed by atoms with E-state index in [9.17, 15) is 31.1 Å². The summed E-state index contributed by atoms with van der Waals surface area (Å²) in [6, 6.07) is 0.308. The molecule has 1 fully saturated rings. The molecule has 0 aromatic carbocycles. The quantitative estimate of drug-likeness (QED) is 0.854. The molecule has 1 N–H and O–H groups in total. The smallest absolute Gasteiger partial charge is 0.357 e. The van der Waals surface area contributed by atoms with Crippen LogP contribution < -0.4 is 5.32 Å². The number of likely N-dealkylation sites (tertiary alicyclic amines) is 1. The largest absolute Gasteiger partial charge is 0.408 e. The Morgan fingerprint density at radius 2 is 1.83 bits per heavy atom. The van der Waals surface area contributed by atoms with Gasteiger partial charge in [0.2, 0.25) is 5.91 Å². The van der Waals surface area contributed by atoms with Crippen LogP contribution >= 0.6 is 0 Å². The van der Waals surface area contributed by atoms with Crippen molar-refractivity contribution in [3.63, 3.8) is 0 Å². The molecule has 1 saturated heterocycles. The van der Waals surface area contributed by atoms with Crippen LogP contribution in [0.2, 0.25) is 0 Å². The maximum Gasteiger partial charge on any atom is 0.408 e. The number of carbonyl (C=O) groups is 1. The summed E-state index contributed by atoms with van der Waals surface area (Å²) in [6.07, 6.45) is -7.20. The Balaban J connectivity index is 1.98.